The molecule has 162 valence electrons. The Morgan fingerprint density at radius 1 is 0.931 bits per heavy atom. The minimum atomic E-state index is -0.804. The van der Waals surface area contributed by atoms with Gasteiger partial charge in [-0.15, -0.1) is 0 Å². The Labute approximate surface area is 170 Å². The molecule has 0 saturated carbocycles. The number of carbonyl (C=O) groups excluding carboxylic acids is 2. The van der Waals surface area contributed by atoms with Gasteiger partial charge in [0.25, 0.3) is 0 Å². The van der Waals surface area contributed by atoms with Crippen LogP contribution in [0.25, 0.3) is 0 Å². The van der Waals surface area contributed by atoms with Crippen LogP contribution in [0.2, 0.25) is 0 Å². The lowest BCUT2D eigenvalue weighted by Gasteiger charge is -2.32. The normalized spacial score (nSPS) is 17.8. The Balaban J connectivity index is 2.44. The largest absolute Gasteiger partial charge is 0.460 e. The number of methoxy groups -OCH3 is 2. The quantitative estimate of drug-likeness (QED) is 0.345. The van der Waals surface area contributed by atoms with Crippen LogP contribution in [0, 0.1) is 5.92 Å². The van der Waals surface area contributed by atoms with E-state index in [-0.39, 0.29) is 37.6 Å². The van der Waals surface area contributed by atoms with Crippen molar-refractivity contribution in [3.63, 3.8) is 0 Å². The van der Waals surface area contributed by atoms with Crippen LogP contribution in [0.5, 0.6) is 0 Å². The minimum absolute atomic E-state index is 0.0878. The Bertz CT molecular complexity index is 678. The highest BCUT2D eigenvalue weighted by atomic mass is 17.2. The maximum absolute atomic E-state index is 12.9. The van der Waals surface area contributed by atoms with E-state index in [4.69, 9.17) is 28.7 Å². The fourth-order valence-electron chi connectivity index (χ4n) is 3.18. The maximum atomic E-state index is 12.9. The molecule has 0 atom stereocenters. The molecule has 0 aliphatic carbocycles. The molecule has 0 aromatic heterocycles. The second-order valence-corrected chi connectivity index (χ2v) is 6.69. The standard InChI is InChI=1S/C20H29NO8/c1-12-6-7-28-29-18(12)17-15(19(22)26-10-8-24-4)13(2)21-14(3)16(17)20(23)27-11-9-25-5/h17,21H,6-11H2,1-5H3. The van der Waals surface area contributed by atoms with Crippen LogP contribution >= 0.6 is 0 Å². The third-order valence-corrected chi connectivity index (χ3v) is 4.63. The van der Waals surface area contributed by atoms with Gasteiger partial charge in [0.05, 0.1) is 36.9 Å². The van der Waals surface area contributed by atoms with Crippen molar-refractivity contribution < 1.29 is 38.3 Å². The summed E-state index contributed by atoms with van der Waals surface area (Å²) in [5.74, 6) is -1.54. The molecule has 9 heteroatoms. The predicted molar refractivity (Wildman–Crippen MR) is 102 cm³/mol. The van der Waals surface area contributed by atoms with Gasteiger partial charge in [0.2, 0.25) is 0 Å². The van der Waals surface area contributed by atoms with Crippen molar-refractivity contribution >= 4 is 11.9 Å². The number of hydrogen-bond acceptors (Lipinski definition) is 9. The first kappa shape index (κ1) is 22.9. The van der Waals surface area contributed by atoms with Gasteiger partial charge in [-0.1, -0.05) is 0 Å². The van der Waals surface area contributed by atoms with Crippen molar-refractivity contribution in [1.82, 2.24) is 5.32 Å². The molecular weight excluding hydrogens is 382 g/mol. The summed E-state index contributed by atoms with van der Waals surface area (Å²) in [7, 11) is 3.04. The van der Waals surface area contributed by atoms with Gasteiger partial charge in [0.1, 0.15) is 13.2 Å². The fourth-order valence-corrected chi connectivity index (χ4v) is 3.18. The zero-order chi connectivity index (χ0) is 21.4. The Kier molecular flexibility index (Phi) is 8.69. The number of rotatable bonds is 9. The molecule has 0 aromatic carbocycles. The molecular formula is C20H29NO8. The molecule has 1 N–H and O–H groups in total. The number of hydrogen-bond donors (Lipinski definition) is 1. The van der Waals surface area contributed by atoms with E-state index < -0.39 is 17.9 Å². The number of ether oxygens (including phenoxy) is 4. The molecule has 0 bridgehead atoms. The van der Waals surface area contributed by atoms with Gasteiger partial charge >= 0.3 is 11.9 Å². The van der Waals surface area contributed by atoms with E-state index in [0.717, 1.165) is 5.57 Å². The van der Waals surface area contributed by atoms with Crippen LogP contribution in [0.15, 0.2) is 33.9 Å². The summed E-state index contributed by atoms with van der Waals surface area (Å²) in [6, 6.07) is 0. The van der Waals surface area contributed by atoms with Gasteiger partial charge in [0, 0.05) is 25.6 Å². The van der Waals surface area contributed by atoms with E-state index in [2.05, 4.69) is 5.32 Å². The van der Waals surface area contributed by atoms with Crippen LogP contribution < -0.4 is 5.32 Å². The first-order valence-electron chi connectivity index (χ1n) is 9.42. The van der Waals surface area contributed by atoms with Crippen molar-refractivity contribution in [3.05, 3.63) is 33.9 Å². The molecule has 2 aliphatic rings. The topological polar surface area (TPSA) is 102 Å². The molecule has 29 heavy (non-hydrogen) atoms. The molecule has 2 aliphatic heterocycles. The first-order chi connectivity index (χ1) is 13.9. The van der Waals surface area contributed by atoms with Crippen molar-refractivity contribution in [1.29, 1.82) is 0 Å². The zero-order valence-corrected chi connectivity index (χ0v) is 17.6. The van der Waals surface area contributed by atoms with Gasteiger partial charge in [0.15, 0.2) is 5.76 Å². The maximum Gasteiger partial charge on any atom is 0.336 e. The van der Waals surface area contributed by atoms with Gasteiger partial charge in [-0.25, -0.2) is 9.59 Å². The van der Waals surface area contributed by atoms with Crippen molar-refractivity contribution in [2.75, 3.05) is 47.3 Å². The van der Waals surface area contributed by atoms with E-state index in [1.54, 1.807) is 13.8 Å². The second-order valence-electron chi connectivity index (χ2n) is 6.69. The van der Waals surface area contributed by atoms with Crippen molar-refractivity contribution in [2.45, 2.75) is 27.2 Å². The van der Waals surface area contributed by atoms with Gasteiger partial charge in [-0.3, -0.25) is 0 Å². The summed E-state index contributed by atoms with van der Waals surface area (Å²) in [6.45, 7) is 6.47. The third kappa shape index (κ3) is 5.59. The highest BCUT2D eigenvalue weighted by Gasteiger charge is 2.42. The number of allylic oxidation sites excluding steroid dienone is 3. The van der Waals surface area contributed by atoms with Gasteiger partial charge in [-0.2, -0.15) is 4.89 Å². The van der Waals surface area contributed by atoms with E-state index in [9.17, 15) is 9.59 Å². The van der Waals surface area contributed by atoms with E-state index in [1.807, 2.05) is 6.92 Å². The summed E-state index contributed by atoms with van der Waals surface area (Å²) in [6.07, 6.45) is 0.620. The fraction of sp³-hybridized carbons (Fsp3) is 0.600. The third-order valence-electron chi connectivity index (χ3n) is 4.63. The van der Waals surface area contributed by atoms with Gasteiger partial charge in [-0.05, 0) is 32.8 Å². The molecule has 2 heterocycles. The molecule has 0 amide bonds. The van der Waals surface area contributed by atoms with Crippen LogP contribution in [-0.4, -0.2) is 59.2 Å². The SMILES string of the molecule is COCCOC(=O)C1=C(C)NC(C)=C(C(=O)OCCOC)C1C1=C(C)CCOO1. The lowest BCUT2D eigenvalue weighted by atomic mass is 9.82. The van der Waals surface area contributed by atoms with Crippen LogP contribution in [0.3, 0.4) is 0 Å². The second kappa shape index (κ2) is 11.0. The molecule has 0 radical (unpaired) electrons. The summed E-state index contributed by atoms with van der Waals surface area (Å²) in [4.78, 5) is 36.4. The molecule has 0 saturated heterocycles. The average molecular weight is 411 g/mol. The minimum Gasteiger partial charge on any atom is -0.460 e. The predicted octanol–water partition coefficient (Wildman–Crippen LogP) is 1.76. The summed E-state index contributed by atoms with van der Waals surface area (Å²) in [5.41, 5.74) is 2.55. The first-order valence-corrected chi connectivity index (χ1v) is 9.42. The Morgan fingerprint density at radius 2 is 1.45 bits per heavy atom. The highest BCUT2D eigenvalue weighted by molar-refractivity contribution is 5.98. The molecule has 0 unspecified atom stereocenters. The summed E-state index contributed by atoms with van der Waals surface area (Å²) >= 11 is 0. The van der Waals surface area contributed by atoms with Gasteiger partial charge < -0.3 is 29.2 Å². The number of esters is 2. The molecule has 9 nitrogen and oxygen atoms in total. The molecule has 0 fully saturated rings. The molecule has 0 aromatic rings. The summed E-state index contributed by atoms with van der Waals surface area (Å²) < 4.78 is 20.5. The number of carbonyl (C=O) groups is 2. The number of dihydropyridines is 1. The van der Waals surface area contributed by atoms with Crippen LogP contribution in [0.1, 0.15) is 27.2 Å². The molecule has 2 rings (SSSR count). The van der Waals surface area contributed by atoms with Crippen LogP contribution in [-0.2, 0) is 38.3 Å². The zero-order valence-electron chi connectivity index (χ0n) is 17.6. The number of nitrogens with one attached hydrogen (secondary N) is 1. The van der Waals surface area contributed by atoms with Crippen molar-refractivity contribution in [3.8, 4) is 0 Å². The highest BCUT2D eigenvalue weighted by Crippen LogP contribution is 2.39. The van der Waals surface area contributed by atoms with Crippen LogP contribution in [0.4, 0.5) is 0 Å². The van der Waals surface area contributed by atoms with Crippen molar-refractivity contribution in [2.24, 2.45) is 5.92 Å². The van der Waals surface area contributed by atoms with E-state index >= 15 is 0 Å². The lowest BCUT2D eigenvalue weighted by molar-refractivity contribution is -0.275. The average Bonchev–Trinajstić information content (AvgIpc) is 2.68. The summed E-state index contributed by atoms with van der Waals surface area (Å²) in [5, 5.41) is 3.08. The Morgan fingerprint density at radius 3 is 1.90 bits per heavy atom. The molecule has 0 spiro atoms. The van der Waals surface area contributed by atoms with E-state index in [0.29, 0.717) is 30.2 Å². The van der Waals surface area contributed by atoms with E-state index in [1.165, 1.54) is 14.2 Å². The monoisotopic (exact) mass is 411 g/mol. The lowest BCUT2D eigenvalue weighted by Crippen LogP contribution is -2.36. The smallest absolute Gasteiger partial charge is 0.336 e. The Hall–Kier alpha value is -2.36.